The molecule has 0 aliphatic heterocycles. The molecule has 2 N–H and O–H groups in total. The van der Waals surface area contributed by atoms with Gasteiger partial charge in [-0.05, 0) is 22.6 Å². The van der Waals surface area contributed by atoms with Crippen LogP contribution >= 0.6 is 22.6 Å². The van der Waals surface area contributed by atoms with Crippen molar-refractivity contribution in [3.63, 3.8) is 0 Å². The summed E-state index contributed by atoms with van der Waals surface area (Å²) in [6.45, 7) is 5.58. The molecule has 2 aromatic rings. The van der Waals surface area contributed by atoms with Crippen LogP contribution in [-0.2, 0) is 4.79 Å². The Bertz CT molecular complexity index is 570. The maximum atomic E-state index is 11.9. The first kappa shape index (κ1) is 12.3. The van der Waals surface area contributed by atoms with Crippen LogP contribution in [0.1, 0.15) is 20.8 Å². The molecule has 0 fully saturated rings. The van der Waals surface area contributed by atoms with Crippen molar-refractivity contribution >= 4 is 45.3 Å². The zero-order chi connectivity index (χ0) is 12.6. The molecule has 0 atom stereocenters. The highest BCUT2D eigenvalue weighted by Gasteiger charge is 2.22. The number of aromatic amines is 1. The Balaban J connectivity index is 2.40. The predicted molar refractivity (Wildman–Crippen MR) is 74.7 cm³/mol. The summed E-state index contributed by atoms with van der Waals surface area (Å²) in [5, 5.41) is 2.81. The number of halogens is 1. The van der Waals surface area contributed by atoms with Gasteiger partial charge in [-0.2, -0.15) is 0 Å². The summed E-state index contributed by atoms with van der Waals surface area (Å²) >= 11 is 2.19. The van der Waals surface area contributed by atoms with Crippen molar-refractivity contribution < 1.29 is 4.79 Å². The Kier molecular flexibility index (Phi) is 3.07. The van der Waals surface area contributed by atoms with E-state index in [-0.39, 0.29) is 5.91 Å². The number of H-pyrrole nitrogens is 1. The summed E-state index contributed by atoms with van der Waals surface area (Å²) in [6.07, 6.45) is 3.29. The van der Waals surface area contributed by atoms with Crippen LogP contribution in [0.15, 0.2) is 12.5 Å². The first-order chi connectivity index (χ1) is 7.89. The summed E-state index contributed by atoms with van der Waals surface area (Å²) in [7, 11) is 0. The molecule has 2 heterocycles. The van der Waals surface area contributed by atoms with E-state index in [2.05, 4.69) is 42.9 Å². The van der Waals surface area contributed by atoms with Gasteiger partial charge in [-0.1, -0.05) is 20.8 Å². The van der Waals surface area contributed by atoms with E-state index in [0.29, 0.717) is 5.82 Å². The fourth-order valence-corrected chi connectivity index (χ4v) is 1.86. The minimum atomic E-state index is -0.447. The molecule has 0 aromatic carbocycles. The second-order valence-electron chi connectivity index (χ2n) is 4.79. The van der Waals surface area contributed by atoms with Gasteiger partial charge >= 0.3 is 0 Å². The predicted octanol–water partition coefficient (Wildman–Crippen LogP) is 2.55. The van der Waals surface area contributed by atoms with Crippen molar-refractivity contribution in [2.24, 2.45) is 5.41 Å². The van der Waals surface area contributed by atoms with E-state index in [1.165, 1.54) is 6.33 Å². The lowest BCUT2D eigenvalue weighted by molar-refractivity contribution is -0.123. The number of aromatic nitrogens is 3. The van der Waals surface area contributed by atoms with E-state index in [1.54, 1.807) is 0 Å². The first-order valence-corrected chi connectivity index (χ1v) is 6.26. The first-order valence-electron chi connectivity index (χ1n) is 5.18. The van der Waals surface area contributed by atoms with Crippen LogP contribution in [0, 0.1) is 8.99 Å². The summed E-state index contributed by atoms with van der Waals surface area (Å²) in [4.78, 5) is 23.2. The van der Waals surface area contributed by atoms with Gasteiger partial charge in [0.1, 0.15) is 17.4 Å². The van der Waals surface area contributed by atoms with Crippen molar-refractivity contribution in [1.82, 2.24) is 15.0 Å². The van der Waals surface area contributed by atoms with Crippen LogP contribution in [0.5, 0.6) is 0 Å². The molecule has 0 unspecified atom stereocenters. The van der Waals surface area contributed by atoms with Crippen molar-refractivity contribution in [3.8, 4) is 0 Å². The molecule has 0 bridgehead atoms. The maximum Gasteiger partial charge on any atom is 0.230 e. The fraction of sp³-hybridized carbons (Fsp3) is 0.364. The molecule has 2 aromatic heterocycles. The molecule has 0 spiro atoms. The molecular formula is C11H13IN4O. The van der Waals surface area contributed by atoms with E-state index in [0.717, 1.165) is 14.6 Å². The standard InChI is InChI=1S/C11H13IN4O/c1-11(2,3)10(17)16-9-8-7(14-5-15-9)6(12)4-13-8/h4-5,13H,1-3H3,(H,14,15,16,17). The van der Waals surface area contributed by atoms with Crippen molar-refractivity contribution in [2.75, 3.05) is 5.32 Å². The van der Waals surface area contributed by atoms with Crippen molar-refractivity contribution in [1.29, 1.82) is 0 Å². The molecule has 5 nitrogen and oxygen atoms in total. The highest BCUT2D eigenvalue weighted by molar-refractivity contribution is 14.1. The number of carbonyl (C=O) groups excluding carboxylic acids is 1. The normalized spacial score (nSPS) is 11.8. The topological polar surface area (TPSA) is 70.7 Å². The zero-order valence-electron chi connectivity index (χ0n) is 9.84. The number of carbonyl (C=O) groups is 1. The van der Waals surface area contributed by atoms with Crippen LogP contribution in [-0.4, -0.2) is 20.9 Å². The van der Waals surface area contributed by atoms with Gasteiger partial charge in [0, 0.05) is 11.6 Å². The number of fused-ring (bicyclic) bond motifs is 1. The van der Waals surface area contributed by atoms with Gasteiger partial charge in [0.2, 0.25) is 5.91 Å². The summed E-state index contributed by atoms with van der Waals surface area (Å²) in [6, 6.07) is 0. The molecule has 0 saturated heterocycles. The summed E-state index contributed by atoms with van der Waals surface area (Å²) < 4.78 is 1.01. The Morgan fingerprint density at radius 2 is 2.12 bits per heavy atom. The van der Waals surface area contributed by atoms with Gasteiger partial charge < -0.3 is 10.3 Å². The minimum absolute atomic E-state index is 0.0675. The van der Waals surface area contributed by atoms with Gasteiger partial charge in [0.25, 0.3) is 0 Å². The average Bonchev–Trinajstić information content (AvgIpc) is 2.60. The quantitative estimate of drug-likeness (QED) is 0.781. The van der Waals surface area contributed by atoms with Gasteiger partial charge in [0.05, 0.1) is 3.57 Å². The zero-order valence-corrected chi connectivity index (χ0v) is 12.0. The number of nitrogens with one attached hydrogen (secondary N) is 2. The van der Waals surface area contributed by atoms with E-state index < -0.39 is 5.41 Å². The molecule has 90 valence electrons. The monoisotopic (exact) mass is 344 g/mol. The van der Waals surface area contributed by atoms with Crippen LogP contribution in [0.3, 0.4) is 0 Å². The molecular weight excluding hydrogens is 331 g/mol. The lowest BCUT2D eigenvalue weighted by atomic mass is 9.96. The third kappa shape index (κ3) is 2.41. The average molecular weight is 344 g/mol. The van der Waals surface area contributed by atoms with Gasteiger partial charge in [-0.25, -0.2) is 9.97 Å². The van der Waals surface area contributed by atoms with Crippen molar-refractivity contribution in [2.45, 2.75) is 20.8 Å². The second-order valence-corrected chi connectivity index (χ2v) is 5.95. The Morgan fingerprint density at radius 1 is 1.41 bits per heavy atom. The van der Waals surface area contributed by atoms with Crippen LogP contribution < -0.4 is 5.32 Å². The largest absolute Gasteiger partial charge is 0.356 e. The number of nitrogens with zero attached hydrogens (tertiary/aromatic N) is 2. The van der Waals surface area contributed by atoms with Crippen LogP contribution in [0.25, 0.3) is 11.0 Å². The number of amides is 1. The molecule has 6 heteroatoms. The molecule has 0 radical (unpaired) electrons. The Labute approximate surface area is 113 Å². The lowest BCUT2D eigenvalue weighted by Crippen LogP contribution is -2.28. The minimum Gasteiger partial charge on any atom is -0.356 e. The highest BCUT2D eigenvalue weighted by atomic mass is 127. The molecule has 1 amide bonds. The molecule has 2 rings (SSSR count). The third-order valence-electron chi connectivity index (χ3n) is 2.33. The van der Waals surface area contributed by atoms with E-state index in [9.17, 15) is 4.79 Å². The maximum absolute atomic E-state index is 11.9. The number of hydrogen-bond donors (Lipinski definition) is 2. The van der Waals surface area contributed by atoms with Gasteiger partial charge in [-0.15, -0.1) is 0 Å². The van der Waals surface area contributed by atoms with Gasteiger partial charge in [-0.3, -0.25) is 4.79 Å². The van der Waals surface area contributed by atoms with Gasteiger partial charge in [0.15, 0.2) is 5.82 Å². The highest BCUT2D eigenvalue weighted by Crippen LogP contribution is 2.24. The number of hydrogen-bond acceptors (Lipinski definition) is 3. The summed E-state index contributed by atoms with van der Waals surface area (Å²) in [5.74, 6) is 0.458. The summed E-state index contributed by atoms with van der Waals surface area (Å²) in [5.41, 5.74) is 1.14. The Morgan fingerprint density at radius 3 is 2.76 bits per heavy atom. The smallest absolute Gasteiger partial charge is 0.230 e. The van der Waals surface area contributed by atoms with Crippen LogP contribution in [0.4, 0.5) is 5.82 Å². The molecule has 0 saturated carbocycles. The number of anilines is 1. The number of rotatable bonds is 1. The van der Waals surface area contributed by atoms with E-state index in [4.69, 9.17) is 0 Å². The van der Waals surface area contributed by atoms with Crippen molar-refractivity contribution in [3.05, 3.63) is 16.1 Å². The lowest BCUT2D eigenvalue weighted by Gasteiger charge is -2.17. The van der Waals surface area contributed by atoms with E-state index >= 15 is 0 Å². The molecule has 0 aliphatic carbocycles. The molecule has 17 heavy (non-hydrogen) atoms. The molecule has 0 aliphatic rings. The van der Waals surface area contributed by atoms with E-state index in [1.807, 2.05) is 27.0 Å². The fourth-order valence-electron chi connectivity index (χ4n) is 1.30. The van der Waals surface area contributed by atoms with Crippen LogP contribution in [0.2, 0.25) is 0 Å². The second kappa shape index (κ2) is 4.25. The Hall–Kier alpha value is -1.18. The SMILES string of the molecule is CC(C)(C)C(=O)Nc1ncnc2c(I)c[nH]c12. The third-order valence-corrected chi connectivity index (χ3v) is 3.15.